The molecule has 1 N–H and O–H groups in total. The Morgan fingerprint density at radius 3 is 2.46 bits per heavy atom. The van der Waals surface area contributed by atoms with E-state index in [1.807, 2.05) is 30.3 Å². The summed E-state index contributed by atoms with van der Waals surface area (Å²) in [4.78, 5) is 12.6. The predicted molar refractivity (Wildman–Crippen MR) is 105 cm³/mol. The van der Waals surface area contributed by atoms with Crippen molar-refractivity contribution in [1.29, 1.82) is 0 Å². The summed E-state index contributed by atoms with van der Waals surface area (Å²) in [6.45, 7) is 2.53. The number of aryl methyl sites for hydroxylation is 1. The van der Waals surface area contributed by atoms with Crippen molar-refractivity contribution in [2.45, 2.75) is 20.0 Å². The molecular formula is C19H16Cl3N3O. The molecule has 0 bridgehead atoms. The van der Waals surface area contributed by atoms with E-state index in [2.05, 4.69) is 10.4 Å². The number of nitrogens with one attached hydrogen (secondary N) is 1. The Balaban J connectivity index is 1.75. The van der Waals surface area contributed by atoms with Crippen LogP contribution in [0, 0.1) is 6.92 Å². The number of aromatic nitrogens is 2. The number of amides is 1. The second-order valence-electron chi connectivity index (χ2n) is 5.81. The van der Waals surface area contributed by atoms with Crippen molar-refractivity contribution < 1.29 is 4.79 Å². The van der Waals surface area contributed by atoms with Crippen LogP contribution in [0.2, 0.25) is 15.2 Å². The fourth-order valence-corrected chi connectivity index (χ4v) is 3.22. The second-order valence-corrected chi connectivity index (χ2v) is 7.01. The van der Waals surface area contributed by atoms with Gasteiger partial charge in [0.2, 0.25) is 0 Å². The third-order valence-corrected chi connectivity index (χ3v) is 4.94. The van der Waals surface area contributed by atoms with Crippen molar-refractivity contribution in [2.24, 2.45) is 0 Å². The van der Waals surface area contributed by atoms with Gasteiger partial charge in [0.15, 0.2) is 0 Å². The molecule has 0 aliphatic rings. The number of carbonyl (C=O) groups is 1. The first-order chi connectivity index (χ1) is 12.5. The maximum Gasteiger partial charge on any atom is 0.256 e. The zero-order valence-corrected chi connectivity index (χ0v) is 16.2. The summed E-state index contributed by atoms with van der Waals surface area (Å²) in [5, 5.41) is 8.81. The molecule has 26 heavy (non-hydrogen) atoms. The van der Waals surface area contributed by atoms with Crippen LogP contribution in [0.4, 0.5) is 0 Å². The summed E-state index contributed by atoms with van der Waals surface area (Å²) < 4.78 is 1.58. The number of hydrogen-bond acceptors (Lipinski definition) is 2. The van der Waals surface area contributed by atoms with E-state index < -0.39 is 0 Å². The summed E-state index contributed by atoms with van der Waals surface area (Å²) >= 11 is 18.5. The molecule has 1 aromatic heterocycles. The lowest BCUT2D eigenvalue weighted by Crippen LogP contribution is -2.23. The van der Waals surface area contributed by atoms with Crippen LogP contribution in [-0.2, 0) is 13.1 Å². The van der Waals surface area contributed by atoms with Gasteiger partial charge in [-0.15, -0.1) is 0 Å². The van der Waals surface area contributed by atoms with E-state index in [0.717, 1.165) is 11.1 Å². The zero-order valence-electron chi connectivity index (χ0n) is 14.0. The molecule has 2 aromatic carbocycles. The Labute approximate surface area is 166 Å². The van der Waals surface area contributed by atoms with E-state index in [4.69, 9.17) is 34.8 Å². The summed E-state index contributed by atoms with van der Waals surface area (Å²) in [7, 11) is 0. The van der Waals surface area contributed by atoms with E-state index in [-0.39, 0.29) is 11.1 Å². The van der Waals surface area contributed by atoms with E-state index in [1.165, 1.54) is 0 Å². The van der Waals surface area contributed by atoms with Crippen LogP contribution in [0.5, 0.6) is 0 Å². The molecule has 1 heterocycles. The van der Waals surface area contributed by atoms with E-state index in [0.29, 0.717) is 34.4 Å². The minimum absolute atomic E-state index is 0.271. The maximum absolute atomic E-state index is 12.6. The number of rotatable bonds is 5. The largest absolute Gasteiger partial charge is 0.348 e. The van der Waals surface area contributed by atoms with Crippen LogP contribution in [0.15, 0.2) is 48.5 Å². The lowest BCUT2D eigenvalue weighted by Gasteiger charge is -2.07. The Morgan fingerprint density at radius 2 is 1.77 bits per heavy atom. The highest BCUT2D eigenvalue weighted by molar-refractivity contribution is 6.33. The molecule has 0 aliphatic carbocycles. The van der Waals surface area contributed by atoms with Crippen molar-refractivity contribution in [3.63, 3.8) is 0 Å². The zero-order chi connectivity index (χ0) is 18.7. The average Bonchev–Trinajstić information content (AvgIpc) is 2.90. The van der Waals surface area contributed by atoms with Crippen molar-refractivity contribution in [2.75, 3.05) is 0 Å². The molecule has 0 aliphatic heterocycles. The number of benzene rings is 2. The summed E-state index contributed by atoms with van der Waals surface area (Å²) in [6.07, 6.45) is 0. The molecule has 0 atom stereocenters. The standard InChI is InChI=1S/C19H16Cl3N3O/c1-12-17(19(26)23-10-13-6-8-15(20)9-7-13)18(22)25(24-12)11-14-4-2-3-5-16(14)21/h2-9H,10-11H2,1H3,(H,23,26). The topological polar surface area (TPSA) is 46.9 Å². The molecule has 4 nitrogen and oxygen atoms in total. The van der Waals surface area contributed by atoms with Gasteiger partial charge < -0.3 is 5.32 Å². The SMILES string of the molecule is Cc1nn(Cc2ccccc2Cl)c(Cl)c1C(=O)NCc1ccc(Cl)cc1. The minimum atomic E-state index is -0.271. The number of carbonyl (C=O) groups excluding carboxylic acids is 1. The Hall–Kier alpha value is -2.01. The number of hydrogen-bond donors (Lipinski definition) is 1. The van der Waals surface area contributed by atoms with Crippen molar-refractivity contribution in [3.05, 3.63) is 86.1 Å². The molecule has 0 radical (unpaired) electrons. The fraction of sp³-hybridized carbons (Fsp3) is 0.158. The molecule has 0 saturated carbocycles. The Bertz CT molecular complexity index is 936. The first-order valence-corrected chi connectivity index (χ1v) is 9.08. The quantitative estimate of drug-likeness (QED) is 0.636. The second kappa shape index (κ2) is 8.12. The van der Waals surface area contributed by atoms with Gasteiger partial charge in [-0.2, -0.15) is 5.10 Å². The van der Waals surface area contributed by atoms with Gasteiger partial charge >= 0.3 is 0 Å². The average molecular weight is 409 g/mol. The van der Waals surface area contributed by atoms with Gasteiger partial charge in [-0.3, -0.25) is 4.79 Å². The third kappa shape index (κ3) is 4.21. The van der Waals surface area contributed by atoms with Crippen LogP contribution in [0.25, 0.3) is 0 Å². The maximum atomic E-state index is 12.6. The molecule has 0 fully saturated rings. The Kier molecular flexibility index (Phi) is 5.87. The van der Waals surface area contributed by atoms with Crippen LogP contribution >= 0.6 is 34.8 Å². The molecule has 3 rings (SSSR count). The summed E-state index contributed by atoms with van der Waals surface area (Å²) in [5.74, 6) is -0.271. The first kappa shape index (κ1) is 18.8. The van der Waals surface area contributed by atoms with Crippen molar-refractivity contribution in [3.8, 4) is 0 Å². The van der Waals surface area contributed by atoms with Gasteiger partial charge in [0.05, 0.1) is 17.8 Å². The molecule has 7 heteroatoms. The third-order valence-electron chi connectivity index (χ3n) is 3.94. The fourth-order valence-electron chi connectivity index (χ4n) is 2.58. The van der Waals surface area contributed by atoms with Crippen LogP contribution in [0.3, 0.4) is 0 Å². The molecule has 134 valence electrons. The smallest absolute Gasteiger partial charge is 0.256 e. The van der Waals surface area contributed by atoms with E-state index >= 15 is 0 Å². The number of nitrogens with zero attached hydrogens (tertiary/aromatic N) is 2. The predicted octanol–water partition coefficient (Wildman–Crippen LogP) is 5.13. The normalized spacial score (nSPS) is 10.8. The van der Waals surface area contributed by atoms with Crippen LogP contribution < -0.4 is 5.32 Å². The molecular weight excluding hydrogens is 393 g/mol. The monoisotopic (exact) mass is 407 g/mol. The summed E-state index contributed by atoms with van der Waals surface area (Å²) in [6, 6.07) is 14.7. The van der Waals surface area contributed by atoms with Gasteiger partial charge in [-0.05, 0) is 36.2 Å². The van der Waals surface area contributed by atoms with Crippen LogP contribution in [-0.4, -0.2) is 15.7 Å². The van der Waals surface area contributed by atoms with E-state index in [9.17, 15) is 4.79 Å². The van der Waals surface area contributed by atoms with Crippen molar-refractivity contribution in [1.82, 2.24) is 15.1 Å². The molecule has 0 saturated heterocycles. The van der Waals surface area contributed by atoms with Gasteiger partial charge in [-0.1, -0.05) is 65.1 Å². The highest BCUT2D eigenvalue weighted by atomic mass is 35.5. The lowest BCUT2D eigenvalue weighted by molar-refractivity contribution is 0.0950. The van der Waals surface area contributed by atoms with Crippen molar-refractivity contribution >= 4 is 40.7 Å². The van der Waals surface area contributed by atoms with Gasteiger partial charge in [-0.25, -0.2) is 4.68 Å². The molecule has 0 spiro atoms. The highest BCUT2D eigenvalue weighted by Crippen LogP contribution is 2.23. The minimum Gasteiger partial charge on any atom is -0.348 e. The Morgan fingerprint density at radius 1 is 1.08 bits per heavy atom. The van der Waals surface area contributed by atoms with Gasteiger partial charge in [0, 0.05) is 16.6 Å². The van der Waals surface area contributed by atoms with Gasteiger partial charge in [0.25, 0.3) is 5.91 Å². The first-order valence-electron chi connectivity index (χ1n) is 7.94. The molecule has 1 amide bonds. The van der Waals surface area contributed by atoms with Crippen LogP contribution in [0.1, 0.15) is 27.2 Å². The lowest BCUT2D eigenvalue weighted by atomic mass is 10.2. The molecule has 3 aromatic rings. The highest BCUT2D eigenvalue weighted by Gasteiger charge is 2.20. The van der Waals surface area contributed by atoms with Gasteiger partial charge in [0.1, 0.15) is 5.15 Å². The number of halogens is 3. The van der Waals surface area contributed by atoms with E-state index in [1.54, 1.807) is 29.8 Å². The summed E-state index contributed by atoms with van der Waals surface area (Å²) in [5.41, 5.74) is 2.76. The molecule has 0 unspecified atom stereocenters.